The van der Waals surface area contributed by atoms with Gasteiger partial charge in [0.2, 0.25) is 0 Å². The number of nitrogens with one attached hydrogen (secondary N) is 1. The number of nitrogens with zero attached hydrogens (tertiary/aromatic N) is 4. The van der Waals surface area contributed by atoms with E-state index in [9.17, 15) is 0 Å². The largest absolute Gasteiger partial charge is 0.315 e. The maximum Gasteiger partial charge on any atom is 0.0991 e. The summed E-state index contributed by atoms with van der Waals surface area (Å²) in [6, 6.07) is 9.60. The first-order valence-corrected chi connectivity index (χ1v) is 8.63. The van der Waals surface area contributed by atoms with Gasteiger partial charge in [-0.25, -0.2) is 4.98 Å². The second-order valence-electron chi connectivity index (χ2n) is 6.60. The fourth-order valence-electron chi connectivity index (χ4n) is 3.68. The van der Waals surface area contributed by atoms with Crippen molar-refractivity contribution in [3.63, 3.8) is 0 Å². The molecule has 1 unspecified atom stereocenters. The van der Waals surface area contributed by atoms with Gasteiger partial charge in [-0.3, -0.25) is 9.80 Å². The van der Waals surface area contributed by atoms with Crippen molar-refractivity contribution in [2.45, 2.75) is 19.0 Å². The van der Waals surface area contributed by atoms with Crippen molar-refractivity contribution in [3.8, 4) is 5.69 Å². The molecule has 24 heavy (non-hydrogen) atoms. The summed E-state index contributed by atoms with van der Waals surface area (Å²) in [6.45, 7) is 8.20. The molecule has 1 aromatic heterocycles. The van der Waals surface area contributed by atoms with Gasteiger partial charge in [-0.2, -0.15) is 0 Å². The van der Waals surface area contributed by atoms with Crippen molar-refractivity contribution in [2.75, 3.05) is 39.3 Å². The quantitative estimate of drug-likeness (QED) is 0.914. The lowest BCUT2D eigenvalue weighted by molar-refractivity contribution is 0.0981. The first kappa shape index (κ1) is 17.4. The van der Waals surface area contributed by atoms with Gasteiger partial charge in [0.1, 0.15) is 0 Å². The summed E-state index contributed by atoms with van der Waals surface area (Å²) in [5, 5.41) is 3.48. The van der Waals surface area contributed by atoms with Gasteiger partial charge in [-0.15, -0.1) is 12.4 Å². The Morgan fingerprint density at radius 2 is 1.88 bits per heavy atom. The van der Waals surface area contributed by atoms with Gasteiger partial charge in [0, 0.05) is 63.4 Å². The summed E-state index contributed by atoms with van der Waals surface area (Å²) in [6.07, 6.45) is 6.95. The van der Waals surface area contributed by atoms with Gasteiger partial charge >= 0.3 is 0 Å². The Bertz CT molecular complexity index is 599. The Kier molecular flexibility index (Phi) is 5.89. The van der Waals surface area contributed by atoms with Gasteiger partial charge in [0.25, 0.3) is 0 Å². The van der Waals surface area contributed by atoms with Crippen molar-refractivity contribution in [1.82, 2.24) is 24.7 Å². The number of halogens is 1. The van der Waals surface area contributed by atoms with Crippen LogP contribution in [0, 0.1) is 0 Å². The van der Waals surface area contributed by atoms with Crippen LogP contribution in [0.3, 0.4) is 0 Å². The smallest absolute Gasteiger partial charge is 0.0991 e. The molecule has 2 saturated heterocycles. The average Bonchev–Trinajstić information content (AvgIpc) is 3.30. The highest BCUT2D eigenvalue weighted by atomic mass is 35.5. The van der Waals surface area contributed by atoms with E-state index in [0.29, 0.717) is 0 Å². The fraction of sp³-hybridized carbons (Fsp3) is 0.500. The molecular weight excluding hydrogens is 322 g/mol. The maximum atomic E-state index is 4.10. The zero-order valence-electron chi connectivity index (χ0n) is 14.0. The fourth-order valence-corrected chi connectivity index (χ4v) is 3.68. The number of benzene rings is 1. The predicted octanol–water partition coefficient (Wildman–Crippen LogP) is 1.77. The molecule has 2 aliphatic rings. The summed E-state index contributed by atoms with van der Waals surface area (Å²) in [5.74, 6) is 0. The molecule has 0 spiro atoms. The first-order chi connectivity index (χ1) is 11.4. The first-order valence-electron chi connectivity index (χ1n) is 8.63. The van der Waals surface area contributed by atoms with Crippen LogP contribution in [-0.2, 0) is 6.54 Å². The van der Waals surface area contributed by atoms with Crippen molar-refractivity contribution >= 4 is 12.4 Å². The minimum Gasteiger partial charge on any atom is -0.315 e. The average molecular weight is 348 g/mol. The van der Waals surface area contributed by atoms with Crippen LogP contribution in [0.5, 0.6) is 0 Å². The molecule has 0 radical (unpaired) electrons. The molecule has 3 heterocycles. The Hall–Kier alpha value is -1.40. The molecule has 0 bridgehead atoms. The van der Waals surface area contributed by atoms with Crippen molar-refractivity contribution in [3.05, 3.63) is 48.5 Å². The molecule has 1 N–H and O–H groups in total. The van der Waals surface area contributed by atoms with Crippen LogP contribution in [0.1, 0.15) is 12.0 Å². The molecule has 2 fully saturated rings. The van der Waals surface area contributed by atoms with Gasteiger partial charge in [-0.1, -0.05) is 12.1 Å². The number of imidazole rings is 1. The second-order valence-corrected chi connectivity index (χ2v) is 6.60. The molecule has 2 aliphatic heterocycles. The molecule has 0 aliphatic carbocycles. The Morgan fingerprint density at radius 1 is 1.08 bits per heavy atom. The number of hydrogen-bond donors (Lipinski definition) is 1. The Morgan fingerprint density at radius 3 is 2.50 bits per heavy atom. The summed E-state index contributed by atoms with van der Waals surface area (Å²) in [4.78, 5) is 9.34. The van der Waals surface area contributed by atoms with Crippen molar-refractivity contribution in [2.24, 2.45) is 0 Å². The minimum absolute atomic E-state index is 0. The van der Waals surface area contributed by atoms with Crippen LogP contribution < -0.4 is 5.32 Å². The van der Waals surface area contributed by atoms with Crippen LogP contribution >= 0.6 is 12.4 Å². The van der Waals surface area contributed by atoms with E-state index >= 15 is 0 Å². The SMILES string of the molecule is Cl.c1cn(-c2ccc(CN3CCN(C4CCNC4)CC3)cc2)cn1. The van der Waals surface area contributed by atoms with Gasteiger partial charge < -0.3 is 9.88 Å². The van der Waals surface area contributed by atoms with E-state index in [2.05, 4.69) is 44.4 Å². The number of hydrogen-bond acceptors (Lipinski definition) is 4. The minimum atomic E-state index is 0. The molecule has 0 saturated carbocycles. The molecule has 130 valence electrons. The standard InChI is InChI=1S/C18H25N5.ClH/c1-3-17(23-8-7-20-15-23)4-2-16(1)14-21-9-11-22(12-10-21)18-5-6-19-13-18;/h1-4,7-8,15,18-19H,5-6,9-14H2;1H. The van der Waals surface area contributed by atoms with E-state index in [-0.39, 0.29) is 12.4 Å². The topological polar surface area (TPSA) is 36.3 Å². The molecular formula is C18H26ClN5. The van der Waals surface area contributed by atoms with E-state index < -0.39 is 0 Å². The van der Waals surface area contributed by atoms with E-state index in [4.69, 9.17) is 0 Å². The third-order valence-electron chi connectivity index (χ3n) is 5.10. The summed E-state index contributed by atoms with van der Waals surface area (Å²) < 4.78 is 2.04. The van der Waals surface area contributed by atoms with Gasteiger partial charge in [0.15, 0.2) is 0 Å². The predicted molar refractivity (Wildman–Crippen MR) is 98.9 cm³/mol. The van der Waals surface area contributed by atoms with Crippen LogP contribution in [0.25, 0.3) is 5.69 Å². The van der Waals surface area contributed by atoms with E-state index in [1.165, 1.54) is 56.9 Å². The highest BCUT2D eigenvalue weighted by molar-refractivity contribution is 5.85. The van der Waals surface area contributed by atoms with Crippen LogP contribution in [-0.4, -0.2) is 64.7 Å². The summed E-state index contributed by atoms with van der Waals surface area (Å²) in [5.41, 5.74) is 2.56. The van der Waals surface area contributed by atoms with Crippen molar-refractivity contribution < 1.29 is 0 Å². The summed E-state index contributed by atoms with van der Waals surface area (Å²) in [7, 11) is 0. The van der Waals surface area contributed by atoms with Crippen LogP contribution in [0.2, 0.25) is 0 Å². The molecule has 6 heteroatoms. The van der Waals surface area contributed by atoms with Gasteiger partial charge in [0.05, 0.1) is 6.33 Å². The lowest BCUT2D eigenvalue weighted by Gasteiger charge is -2.37. The molecule has 1 atom stereocenters. The molecule has 0 amide bonds. The van der Waals surface area contributed by atoms with Crippen LogP contribution in [0.15, 0.2) is 43.0 Å². The molecule has 5 nitrogen and oxygen atoms in total. The van der Waals surface area contributed by atoms with E-state index in [0.717, 1.165) is 12.6 Å². The molecule has 4 rings (SSSR count). The lowest BCUT2D eigenvalue weighted by atomic mass is 10.1. The number of aromatic nitrogens is 2. The normalized spacial score (nSPS) is 22.4. The summed E-state index contributed by atoms with van der Waals surface area (Å²) >= 11 is 0. The Labute approximate surface area is 150 Å². The van der Waals surface area contributed by atoms with E-state index in [1.807, 2.05) is 23.3 Å². The third-order valence-corrected chi connectivity index (χ3v) is 5.10. The monoisotopic (exact) mass is 347 g/mol. The maximum absolute atomic E-state index is 4.10. The third kappa shape index (κ3) is 3.98. The molecule has 2 aromatic rings. The van der Waals surface area contributed by atoms with Crippen LogP contribution in [0.4, 0.5) is 0 Å². The number of rotatable bonds is 4. The number of piperazine rings is 1. The zero-order chi connectivity index (χ0) is 15.5. The highest BCUT2D eigenvalue weighted by Gasteiger charge is 2.25. The Balaban J connectivity index is 0.00000169. The zero-order valence-corrected chi connectivity index (χ0v) is 14.8. The van der Waals surface area contributed by atoms with Crippen molar-refractivity contribution in [1.29, 1.82) is 0 Å². The highest BCUT2D eigenvalue weighted by Crippen LogP contribution is 2.15. The molecule has 1 aromatic carbocycles. The van der Waals surface area contributed by atoms with E-state index in [1.54, 1.807) is 0 Å². The van der Waals surface area contributed by atoms with Gasteiger partial charge in [-0.05, 0) is 30.7 Å². The lowest BCUT2D eigenvalue weighted by Crippen LogP contribution is -2.50. The second kappa shape index (κ2) is 8.12.